The van der Waals surface area contributed by atoms with Crippen LogP contribution in [0.2, 0.25) is 0 Å². The summed E-state index contributed by atoms with van der Waals surface area (Å²) >= 11 is 0. The fraction of sp³-hybridized carbons (Fsp3) is 0.333. The minimum atomic E-state index is -1.42. The van der Waals surface area contributed by atoms with Crippen LogP contribution >= 0.6 is 0 Å². The van der Waals surface area contributed by atoms with E-state index in [0.29, 0.717) is 11.1 Å². The number of aryl methyl sites for hydroxylation is 1. The van der Waals surface area contributed by atoms with E-state index in [1.165, 1.54) is 24.8 Å². The molecule has 0 amide bonds. The molecule has 0 nitrogen and oxygen atoms in total. The lowest BCUT2D eigenvalue weighted by Crippen LogP contribution is -1.92. The van der Waals surface area contributed by atoms with Crippen LogP contribution in [0, 0.1) is 17.5 Å². The summed E-state index contributed by atoms with van der Waals surface area (Å²) in [5, 5.41) is 0. The van der Waals surface area contributed by atoms with Crippen LogP contribution in [-0.4, -0.2) is 0 Å². The molecule has 0 saturated carbocycles. The van der Waals surface area contributed by atoms with Crippen molar-refractivity contribution < 1.29 is 13.2 Å². The highest BCUT2D eigenvalue weighted by molar-refractivity contribution is 5.63. The zero-order valence-corrected chi connectivity index (χ0v) is 12.1. The van der Waals surface area contributed by atoms with Crippen molar-refractivity contribution in [2.24, 2.45) is 0 Å². The van der Waals surface area contributed by atoms with Crippen LogP contribution in [0.5, 0.6) is 0 Å². The van der Waals surface area contributed by atoms with Crippen LogP contribution in [0.3, 0.4) is 0 Å². The second kappa shape index (κ2) is 7.30. The van der Waals surface area contributed by atoms with E-state index in [-0.39, 0.29) is 0 Å². The third kappa shape index (κ3) is 4.10. The summed E-state index contributed by atoms with van der Waals surface area (Å²) < 4.78 is 39.4. The molecule has 2 rings (SSSR count). The molecule has 0 unspecified atom stereocenters. The van der Waals surface area contributed by atoms with Gasteiger partial charge in [-0.3, -0.25) is 0 Å². The van der Waals surface area contributed by atoms with Gasteiger partial charge in [0.1, 0.15) is 0 Å². The summed E-state index contributed by atoms with van der Waals surface area (Å²) in [4.78, 5) is 0. The van der Waals surface area contributed by atoms with Gasteiger partial charge >= 0.3 is 0 Å². The molecule has 0 aromatic heterocycles. The quantitative estimate of drug-likeness (QED) is 0.459. The zero-order chi connectivity index (χ0) is 15.2. The first kappa shape index (κ1) is 15.6. The average Bonchev–Trinajstić information content (AvgIpc) is 2.49. The number of rotatable bonds is 6. The van der Waals surface area contributed by atoms with Crippen molar-refractivity contribution >= 4 is 0 Å². The second-order valence-electron chi connectivity index (χ2n) is 5.26. The molecule has 2 aromatic carbocycles. The van der Waals surface area contributed by atoms with Crippen LogP contribution in [-0.2, 0) is 6.42 Å². The lowest BCUT2D eigenvalue weighted by atomic mass is 10.0. The number of hydrogen-bond donors (Lipinski definition) is 0. The van der Waals surface area contributed by atoms with Crippen molar-refractivity contribution in [3.63, 3.8) is 0 Å². The van der Waals surface area contributed by atoms with E-state index in [4.69, 9.17) is 0 Å². The van der Waals surface area contributed by atoms with Gasteiger partial charge in [-0.15, -0.1) is 0 Å². The fourth-order valence-electron chi connectivity index (χ4n) is 2.34. The molecule has 0 atom stereocenters. The van der Waals surface area contributed by atoms with Gasteiger partial charge in [0.2, 0.25) is 0 Å². The maximum absolute atomic E-state index is 13.2. The van der Waals surface area contributed by atoms with E-state index in [9.17, 15) is 13.2 Å². The Morgan fingerprint density at radius 2 is 1.38 bits per heavy atom. The maximum Gasteiger partial charge on any atom is 0.194 e. The smallest absolute Gasteiger partial charge is 0.194 e. The summed E-state index contributed by atoms with van der Waals surface area (Å²) in [5.74, 6) is -3.74. The van der Waals surface area contributed by atoms with Gasteiger partial charge in [0.25, 0.3) is 0 Å². The Hall–Kier alpha value is -1.77. The van der Waals surface area contributed by atoms with E-state index in [0.717, 1.165) is 25.0 Å². The molecule has 0 aliphatic heterocycles. The highest BCUT2D eigenvalue weighted by atomic mass is 19.2. The molecule has 0 heterocycles. The van der Waals surface area contributed by atoms with Crippen molar-refractivity contribution in [2.45, 2.75) is 39.0 Å². The van der Waals surface area contributed by atoms with Crippen LogP contribution in [0.1, 0.15) is 38.2 Å². The molecular weight excluding hydrogens is 273 g/mol. The Labute approximate surface area is 123 Å². The second-order valence-corrected chi connectivity index (χ2v) is 5.26. The number of halogens is 3. The van der Waals surface area contributed by atoms with Gasteiger partial charge in [-0.25, -0.2) is 13.2 Å². The van der Waals surface area contributed by atoms with E-state index < -0.39 is 17.5 Å². The molecule has 0 aliphatic carbocycles. The average molecular weight is 292 g/mol. The van der Waals surface area contributed by atoms with Gasteiger partial charge in [0.15, 0.2) is 17.5 Å². The highest BCUT2D eigenvalue weighted by Crippen LogP contribution is 2.24. The predicted octanol–water partition coefficient (Wildman–Crippen LogP) is 5.89. The van der Waals surface area contributed by atoms with Crippen molar-refractivity contribution in [3.05, 3.63) is 59.4 Å². The van der Waals surface area contributed by atoms with Gasteiger partial charge in [-0.1, -0.05) is 50.5 Å². The monoisotopic (exact) mass is 292 g/mol. The molecule has 0 bridgehead atoms. The van der Waals surface area contributed by atoms with E-state index >= 15 is 0 Å². The van der Waals surface area contributed by atoms with Crippen molar-refractivity contribution in [3.8, 4) is 11.1 Å². The first-order valence-electron chi connectivity index (χ1n) is 7.35. The molecule has 0 fully saturated rings. The van der Waals surface area contributed by atoms with Gasteiger partial charge in [0.05, 0.1) is 0 Å². The van der Waals surface area contributed by atoms with Crippen LogP contribution in [0.15, 0.2) is 36.4 Å². The molecule has 21 heavy (non-hydrogen) atoms. The van der Waals surface area contributed by atoms with E-state index in [1.54, 1.807) is 0 Å². The molecule has 0 radical (unpaired) electrons. The van der Waals surface area contributed by atoms with Gasteiger partial charge in [0, 0.05) is 0 Å². The fourth-order valence-corrected chi connectivity index (χ4v) is 2.34. The summed E-state index contributed by atoms with van der Waals surface area (Å²) in [6.45, 7) is 2.18. The SMILES string of the molecule is CCCCCCc1ccc(-c2cc(F)c(F)c(F)c2)cc1. The van der Waals surface area contributed by atoms with Crippen LogP contribution in [0.25, 0.3) is 11.1 Å². The Bertz CT molecular complexity index is 565. The summed E-state index contributed by atoms with van der Waals surface area (Å²) in [6.07, 6.45) is 5.82. The van der Waals surface area contributed by atoms with Crippen molar-refractivity contribution in [1.29, 1.82) is 0 Å². The number of hydrogen-bond acceptors (Lipinski definition) is 0. The Balaban J connectivity index is 2.08. The highest BCUT2D eigenvalue weighted by Gasteiger charge is 2.11. The van der Waals surface area contributed by atoms with Crippen molar-refractivity contribution in [1.82, 2.24) is 0 Å². The topological polar surface area (TPSA) is 0 Å². The number of benzene rings is 2. The Morgan fingerprint density at radius 1 is 0.762 bits per heavy atom. The normalized spacial score (nSPS) is 10.9. The molecule has 0 aliphatic rings. The van der Waals surface area contributed by atoms with Crippen LogP contribution in [0.4, 0.5) is 13.2 Å². The Morgan fingerprint density at radius 3 is 1.95 bits per heavy atom. The summed E-state index contributed by atoms with van der Waals surface area (Å²) in [5.41, 5.74) is 2.24. The minimum absolute atomic E-state index is 0.351. The van der Waals surface area contributed by atoms with Crippen molar-refractivity contribution in [2.75, 3.05) is 0 Å². The lowest BCUT2D eigenvalue weighted by Gasteiger charge is -2.06. The standard InChI is InChI=1S/C18H19F3/c1-2-3-4-5-6-13-7-9-14(10-8-13)15-11-16(19)18(21)17(20)12-15/h7-12H,2-6H2,1H3. The third-order valence-electron chi connectivity index (χ3n) is 3.59. The largest absolute Gasteiger partial charge is 0.204 e. The molecule has 0 saturated heterocycles. The van der Waals surface area contributed by atoms with Gasteiger partial charge < -0.3 is 0 Å². The summed E-state index contributed by atoms with van der Waals surface area (Å²) in [7, 11) is 0. The molecule has 112 valence electrons. The third-order valence-corrected chi connectivity index (χ3v) is 3.59. The molecule has 0 N–H and O–H groups in total. The van der Waals surface area contributed by atoms with Crippen LogP contribution < -0.4 is 0 Å². The van der Waals surface area contributed by atoms with Gasteiger partial charge in [-0.05, 0) is 41.7 Å². The molecular formula is C18H19F3. The maximum atomic E-state index is 13.2. The predicted molar refractivity (Wildman–Crippen MR) is 79.6 cm³/mol. The first-order valence-corrected chi connectivity index (χ1v) is 7.35. The summed E-state index contributed by atoms with van der Waals surface area (Å²) in [6, 6.07) is 9.60. The van der Waals surface area contributed by atoms with E-state index in [2.05, 4.69) is 6.92 Å². The minimum Gasteiger partial charge on any atom is -0.204 e. The lowest BCUT2D eigenvalue weighted by molar-refractivity contribution is 0.448. The molecule has 0 spiro atoms. The first-order chi connectivity index (χ1) is 10.1. The molecule has 2 aromatic rings. The zero-order valence-electron chi connectivity index (χ0n) is 12.1. The molecule has 3 heteroatoms. The van der Waals surface area contributed by atoms with Gasteiger partial charge in [-0.2, -0.15) is 0 Å². The number of unbranched alkanes of at least 4 members (excludes halogenated alkanes) is 3. The Kier molecular flexibility index (Phi) is 5.43. The van der Waals surface area contributed by atoms with E-state index in [1.807, 2.05) is 24.3 Å².